The van der Waals surface area contributed by atoms with E-state index in [-0.39, 0.29) is 11.5 Å². The Morgan fingerprint density at radius 2 is 2.07 bits per heavy atom. The first-order valence-corrected chi connectivity index (χ1v) is 10.4. The lowest BCUT2D eigenvalue weighted by atomic mass is 9.71. The third-order valence-corrected chi connectivity index (χ3v) is 6.61. The molecule has 3 saturated heterocycles. The molecule has 1 aromatic rings. The fraction of sp³-hybridized carbons (Fsp3) is 0.750. The number of rotatable bonds is 4. The number of nitrogens with two attached hydrogens (primary N) is 1. The molecule has 3 aliphatic heterocycles. The Balaban J connectivity index is 1.63. The van der Waals surface area contributed by atoms with Crippen LogP contribution in [0.25, 0.3) is 0 Å². The van der Waals surface area contributed by atoms with E-state index in [1.807, 2.05) is 0 Å². The standard InChI is InChI=1S/C20H31N5O2/c1-12(2)6-7-16-14-8-13(15-4-3-5-19(27)25(15)16)10-24(11-14)17-9-18(26)23-20(21)22-17/h9,12-16H,3-8,10-11H2,1-2H3,(H3,21,22,23,26)/t13-,14+,15+,16+/m1/s1. The van der Waals surface area contributed by atoms with E-state index in [0.29, 0.717) is 48.0 Å². The maximum absolute atomic E-state index is 12.8. The third kappa shape index (κ3) is 3.56. The van der Waals surface area contributed by atoms with Crippen molar-refractivity contribution < 1.29 is 4.79 Å². The summed E-state index contributed by atoms with van der Waals surface area (Å²) < 4.78 is 0. The number of hydrogen-bond donors (Lipinski definition) is 2. The first-order valence-electron chi connectivity index (χ1n) is 10.4. The van der Waals surface area contributed by atoms with Crippen LogP contribution >= 0.6 is 0 Å². The van der Waals surface area contributed by atoms with Gasteiger partial charge in [-0.3, -0.25) is 14.6 Å². The van der Waals surface area contributed by atoms with Crippen LogP contribution < -0.4 is 16.2 Å². The van der Waals surface area contributed by atoms with Crippen LogP contribution in [0.3, 0.4) is 0 Å². The zero-order valence-corrected chi connectivity index (χ0v) is 16.4. The molecule has 4 atom stereocenters. The molecule has 27 heavy (non-hydrogen) atoms. The summed E-state index contributed by atoms with van der Waals surface area (Å²) >= 11 is 0. The summed E-state index contributed by atoms with van der Waals surface area (Å²) in [7, 11) is 0. The summed E-state index contributed by atoms with van der Waals surface area (Å²) in [6, 6.07) is 2.19. The van der Waals surface area contributed by atoms with Gasteiger partial charge in [-0.15, -0.1) is 0 Å². The number of fused-ring (bicyclic) bond motifs is 4. The average Bonchev–Trinajstić information content (AvgIpc) is 2.61. The first kappa shape index (κ1) is 18.3. The van der Waals surface area contributed by atoms with Crippen molar-refractivity contribution in [1.29, 1.82) is 0 Å². The maximum Gasteiger partial charge on any atom is 0.254 e. The lowest BCUT2D eigenvalue weighted by Crippen LogP contribution is -2.65. The van der Waals surface area contributed by atoms with Gasteiger partial charge in [-0.25, -0.2) is 0 Å². The predicted molar refractivity (Wildman–Crippen MR) is 105 cm³/mol. The number of amides is 1. The van der Waals surface area contributed by atoms with Crippen molar-refractivity contribution in [2.45, 2.75) is 64.5 Å². The van der Waals surface area contributed by atoms with Gasteiger partial charge in [-0.05, 0) is 49.9 Å². The molecule has 0 aromatic carbocycles. The van der Waals surface area contributed by atoms with Crippen LogP contribution in [-0.4, -0.2) is 45.9 Å². The zero-order chi connectivity index (χ0) is 19.1. The summed E-state index contributed by atoms with van der Waals surface area (Å²) in [6.07, 6.45) is 6.17. The summed E-state index contributed by atoms with van der Waals surface area (Å²) in [5, 5.41) is 0. The van der Waals surface area contributed by atoms with Crippen LogP contribution in [0, 0.1) is 17.8 Å². The highest BCUT2D eigenvalue weighted by molar-refractivity contribution is 5.78. The van der Waals surface area contributed by atoms with Gasteiger partial charge in [-0.1, -0.05) is 13.8 Å². The van der Waals surface area contributed by atoms with Gasteiger partial charge in [0.2, 0.25) is 11.9 Å². The molecule has 2 bridgehead atoms. The second-order valence-corrected chi connectivity index (χ2v) is 8.95. The maximum atomic E-state index is 12.8. The average molecular weight is 374 g/mol. The van der Waals surface area contributed by atoms with E-state index in [1.165, 1.54) is 6.42 Å². The van der Waals surface area contributed by atoms with Gasteiger partial charge >= 0.3 is 0 Å². The molecule has 3 N–H and O–H groups in total. The SMILES string of the molecule is CC(C)CC[C@H]1[C@H]2C[C@H](CN(c3cc(=O)[nH]c(N)n3)C2)[C@@H]2CCCC(=O)N21. The van der Waals surface area contributed by atoms with Crippen molar-refractivity contribution in [3.8, 4) is 0 Å². The van der Waals surface area contributed by atoms with Crippen LogP contribution in [0.15, 0.2) is 10.9 Å². The van der Waals surface area contributed by atoms with E-state index in [9.17, 15) is 9.59 Å². The van der Waals surface area contributed by atoms with Crippen molar-refractivity contribution in [2.75, 3.05) is 23.7 Å². The Kier molecular flexibility index (Phi) is 4.86. The molecule has 0 radical (unpaired) electrons. The fourth-order valence-electron chi connectivity index (χ4n) is 5.46. The van der Waals surface area contributed by atoms with E-state index >= 15 is 0 Å². The highest BCUT2D eigenvalue weighted by Gasteiger charge is 2.49. The molecule has 4 rings (SSSR count). The second kappa shape index (κ2) is 7.17. The van der Waals surface area contributed by atoms with Crippen LogP contribution in [0.2, 0.25) is 0 Å². The monoisotopic (exact) mass is 373 g/mol. The van der Waals surface area contributed by atoms with Gasteiger partial charge in [-0.2, -0.15) is 4.98 Å². The molecule has 0 spiro atoms. The Morgan fingerprint density at radius 1 is 1.30 bits per heavy atom. The molecule has 7 nitrogen and oxygen atoms in total. The van der Waals surface area contributed by atoms with Crippen LogP contribution in [-0.2, 0) is 4.79 Å². The number of piperidine rings is 3. The lowest BCUT2D eigenvalue weighted by molar-refractivity contribution is -0.149. The third-order valence-electron chi connectivity index (χ3n) is 6.61. The van der Waals surface area contributed by atoms with E-state index in [4.69, 9.17) is 5.73 Å². The number of anilines is 2. The van der Waals surface area contributed by atoms with Crippen LogP contribution in [0.1, 0.15) is 52.4 Å². The molecular formula is C20H31N5O2. The quantitative estimate of drug-likeness (QED) is 0.842. The van der Waals surface area contributed by atoms with Crippen LogP contribution in [0.4, 0.5) is 11.8 Å². The highest BCUT2D eigenvalue weighted by atomic mass is 16.2. The summed E-state index contributed by atoms with van der Waals surface area (Å²) in [6.45, 7) is 6.18. The summed E-state index contributed by atoms with van der Waals surface area (Å²) in [5.41, 5.74) is 5.56. The Bertz CT molecular complexity index is 761. The normalized spacial score (nSPS) is 30.6. The second-order valence-electron chi connectivity index (χ2n) is 8.95. The number of hydrogen-bond acceptors (Lipinski definition) is 5. The summed E-state index contributed by atoms with van der Waals surface area (Å²) in [5.74, 6) is 2.70. The Hall–Kier alpha value is -2.05. The van der Waals surface area contributed by atoms with Crippen molar-refractivity contribution in [3.63, 3.8) is 0 Å². The number of nitrogens with one attached hydrogen (secondary N) is 1. The lowest BCUT2D eigenvalue weighted by Gasteiger charge is -2.57. The molecule has 0 unspecified atom stereocenters. The molecule has 0 aliphatic carbocycles. The van der Waals surface area contributed by atoms with Gasteiger partial charge in [0.15, 0.2) is 0 Å². The number of H-pyrrole nitrogens is 1. The number of nitrogen functional groups attached to an aromatic ring is 1. The van der Waals surface area contributed by atoms with E-state index in [0.717, 1.165) is 38.8 Å². The molecule has 1 aromatic heterocycles. The highest BCUT2D eigenvalue weighted by Crippen LogP contribution is 2.43. The van der Waals surface area contributed by atoms with Gasteiger partial charge in [0, 0.05) is 37.7 Å². The minimum absolute atomic E-state index is 0.166. The van der Waals surface area contributed by atoms with Gasteiger partial charge in [0.25, 0.3) is 5.56 Å². The minimum Gasteiger partial charge on any atom is -0.369 e. The number of carbonyl (C=O) groups excluding carboxylic acids is 1. The first-order chi connectivity index (χ1) is 12.9. The van der Waals surface area contributed by atoms with Crippen molar-refractivity contribution in [3.05, 3.63) is 16.4 Å². The zero-order valence-electron chi connectivity index (χ0n) is 16.4. The van der Waals surface area contributed by atoms with Crippen molar-refractivity contribution in [1.82, 2.24) is 14.9 Å². The topological polar surface area (TPSA) is 95.3 Å². The molecule has 3 fully saturated rings. The number of aromatic amines is 1. The summed E-state index contributed by atoms with van der Waals surface area (Å²) in [4.78, 5) is 36.0. The van der Waals surface area contributed by atoms with E-state index in [1.54, 1.807) is 6.07 Å². The van der Waals surface area contributed by atoms with E-state index < -0.39 is 0 Å². The number of nitrogens with zero attached hydrogens (tertiary/aromatic N) is 3. The van der Waals surface area contributed by atoms with Crippen LogP contribution in [0.5, 0.6) is 0 Å². The largest absolute Gasteiger partial charge is 0.369 e. The molecule has 3 aliphatic rings. The van der Waals surface area contributed by atoms with Gasteiger partial charge in [0.05, 0.1) is 0 Å². The molecule has 7 heteroatoms. The van der Waals surface area contributed by atoms with E-state index in [2.05, 4.69) is 33.6 Å². The van der Waals surface area contributed by atoms with Gasteiger partial charge in [0.1, 0.15) is 5.82 Å². The number of carbonyl (C=O) groups is 1. The van der Waals surface area contributed by atoms with Crippen molar-refractivity contribution in [2.24, 2.45) is 17.8 Å². The van der Waals surface area contributed by atoms with Gasteiger partial charge < -0.3 is 15.5 Å². The predicted octanol–water partition coefficient (Wildman–Crippen LogP) is 1.99. The Labute approximate surface area is 160 Å². The fourth-order valence-corrected chi connectivity index (χ4v) is 5.46. The molecule has 1 amide bonds. The molecular weight excluding hydrogens is 342 g/mol. The molecule has 0 saturated carbocycles. The van der Waals surface area contributed by atoms with Crippen molar-refractivity contribution >= 4 is 17.7 Å². The number of aromatic nitrogens is 2. The minimum atomic E-state index is -0.209. The smallest absolute Gasteiger partial charge is 0.254 e. The molecule has 148 valence electrons. The molecule has 4 heterocycles. The Morgan fingerprint density at radius 3 is 2.81 bits per heavy atom.